The van der Waals surface area contributed by atoms with Crippen LogP contribution < -0.4 is 11.3 Å². The summed E-state index contributed by atoms with van der Waals surface area (Å²) in [6.45, 7) is 2.74. The van der Waals surface area contributed by atoms with Gasteiger partial charge in [0.25, 0.3) is 5.56 Å². The number of nitrogens with one attached hydrogen (secondary N) is 1. The minimum atomic E-state index is -0.147. The highest BCUT2D eigenvalue weighted by molar-refractivity contribution is 7.98. The summed E-state index contributed by atoms with van der Waals surface area (Å²) in [5.74, 6) is 1.88. The van der Waals surface area contributed by atoms with Crippen molar-refractivity contribution in [3.8, 4) is 0 Å². The Morgan fingerprint density at radius 3 is 2.75 bits per heavy atom. The third kappa shape index (κ3) is 3.90. The third-order valence-corrected chi connectivity index (χ3v) is 4.42. The van der Waals surface area contributed by atoms with E-state index in [2.05, 4.69) is 32.3 Å². The lowest BCUT2D eigenvalue weighted by Crippen LogP contribution is -2.11. The van der Waals surface area contributed by atoms with Crippen molar-refractivity contribution >= 4 is 11.8 Å². The largest absolute Gasteiger partial charge is 0.324 e. The Bertz CT molecular complexity index is 874. The SMILES string of the molecule is Cc1nc(CSc2nnc(CN)n2Cc2ccccc2)cc(=O)[nH]1. The van der Waals surface area contributed by atoms with E-state index in [1.165, 1.54) is 17.8 Å². The van der Waals surface area contributed by atoms with Crippen LogP contribution in [0.15, 0.2) is 46.3 Å². The van der Waals surface area contributed by atoms with E-state index in [1.54, 1.807) is 6.92 Å². The van der Waals surface area contributed by atoms with Crippen LogP contribution in [0.2, 0.25) is 0 Å². The molecule has 0 aliphatic carbocycles. The molecule has 0 spiro atoms. The molecular formula is C16H18N6OS. The van der Waals surface area contributed by atoms with Gasteiger partial charge in [-0.1, -0.05) is 42.1 Å². The lowest BCUT2D eigenvalue weighted by molar-refractivity contribution is 0.666. The molecular weight excluding hydrogens is 324 g/mol. The number of benzene rings is 1. The second kappa shape index (κ2) is 7.41. The quantitative estimate of drug-likeness (QED) is 0.658. The average molecular weight is 342 g/mol. The summed E-state index contributed by atoms with van der Waals surface area (Å²) < 4.78 is 2.00. The Kier molecular flexibility index (Phi) is 5.07. The molecule has 0 radical (unpaired) electrons. The molecule has 3 rings (SSSR count). The Labute approximate surface area is 143 Å². The molecule has 0 bridgehead atoms. The Morgan fingerprint density at radius 1 is 1.25 bits per heavy atom. The minimum absolute atomic E-state index is 0.147. The predicted octanol–water partition coefficient (Wildman–Crippen LogP) is 1.47. The van der Waals surface area contributed by atoms with Gasteiger partial charge in [0.15, 0.2) is 5.16 Å². The molecule has 8 heteroatoms. The van der Waals surface area contributed by atoms with Crippen molar-refractivity contribution in [1.29, 1.82) is 0 Å². The highest BCUT2D eigenvalue weighted by Crippen LogP contribution is 2.21. The van der Waals surface area contributed by atoms with Gasteiger partial charge in [-0.2, -0.15) is 0 Å². The highest BCUT2D eigenvalue weighted by atomic mass is 32.2. The van der Waals surface area contributed by atoms with Gasteiger partial charge in [-0.3, -0.25) is 4.79 Å². The molecule has 0 aliphatic heterocycles. The zero-order valence-corrected chi connectivity index (χ0v) is 14.1. The summed E-state index contributed by atoms with van der Waals surface area (Å²) in [5.41, 5.74) is 7.49. The van der Waals surface area contributed by atoms with Gasteiger partial charge in [-0.25, -0.2) is 4.98 Å². The van der Waals surface area contributed by atoms with E-state index in [9.17, 15) is 4.79 Å². The van der Waals surface area contributed by atoms with Gasteiger partial charge in [0.1, 0.15) is 11.6 Å². The standard InChI is InChI=1S/C16H18N6OS/c1-11-18-13(7-15(23)19-11)10-24-16-21-20-14(8-17)22(16)9-12-5-3-2-4-6-12/h2-7H,8-10,17H2,1H3,(H,18,19,23). The van der Waals surface area contributed by atoms with Crippen molar-refractivity contribution in [3.05, 3.63) is 69.7 Å². The number of hydrogen-bond acceptors (Lipinski definition) is 6. The van der Waals surface area contributed by atoms with Crippen molar-refractivity contribution in [1.82, 2.24) is 24.7 Å². The minimum Gasteiger partial charge on any atom is -0.324 e. The molecule has 2 heterocycles. The first-order chi connectivity index (χ1) is 11.7. The molecule has 0 unspecified atom stereocenters. The number of nitrogens with two attached hydrogens (primary N) is 1. The second-order valence-electron chi connectivity index (χ2n) is 5.29. The van der Waals surface area contributed by atoms with E-state index >= 15 is 0 Å². The molecule has 2 aromatic heterocycles. The molecule has 0 saturated carbocycles. The van der Waals surface area contributed by atoms with Crippen molar-refractivity contribution in [2.24, 2.45) is 5.73 Å². The van der Waals surface area contributed by atoms with Gasteiger partial charge in [-0.15, -0.1) is 10.2 Å². The summed E-state index contributed by atoms with van der Waals surface area (Å²) in [6.07, 6.45) is 0. The molecule has 124 valence electrons. The van der Waals surface area contributed by atoms with Crippen LogP contribution in [0.5, 0.6) is 0 Å². The molecule has 0 aliphatic rings. The van der Waals surface area contributed by atoms with E-state index in [0.29, 0.717) is 30.4 Å². The lowest BCUT2D eigenvalue weighted by atomic mass is 10.2. The summed E-state index contributed by atoms with van der Waals surface area (Å²) in [7, 11) is 0. The molecule has 0 saturated heterocycles. The van der Waals surface area contributed by atoms with E-state index in [1.807, 2.05) is 22.8 Å². The Hall–Kier alpha value is -2.45. The van der Waals surface area contributed by atoms with Gasteiger partial charge in [-0.05, 0) is 12.5 Å². The third-order valence-electron chi connectivity index (χ3n) is 3.42. The number of hydrogen-bond donors (Lipinski definition) is 2. The molecule has 1 aromatic carbocycles. The van der Waals surface area contributed by atoms with Crippen LogP contribution in [0.4, 0.5) is 0 Å². The first kappa shape index (κ1) is 16.4. The van der Waals surface area contributed by atoms with Gasteiger partial charge in [0.05, 0.1) is 18.8 Å². The second-order valence-corrected chi connectivity index (χ2v) is 6.23. The van der Waals surface area contributed by atoms with E-state index in [0.717, 1.165) is 16.5 Å². The van der Waals surface area contributed by atoms with E-state index in [4.69, 9.17) is 5.73 Å². The number of nitrogens with zero attached hydrogens (tertiary/aromatic N) is 4. The van der Waals surface area contributed by atoms with Gasteiger partial charge in [0.2, 0.25) is 0 Å². The molecule has 0 fully saturated rings. The van der Waals surface area contributed by atoms with Gasteiger partial charge >= 0.3 is 0 Å². The number of H-pyrrole nitrogens is 1. The lowest BCUT2D eigenvalue weighted by Gasteiger charge is -2.09. The van der Waals surface area contributed by atoms with Crippen LogP contribution in [0.25, 0.3) is 0 Å². The number of aromatic nitrogens is 5. The fraction of sp³-hybridized carbons (Fsp3) is 0.250. The molecule has 7 nitrogen and oxygen atoms in total. The van der Waals surface area contributed by atoms with E-state index < -0.39 is 0 Å². The fourth-order valence-electron chi connectivity index (χ4n) is 2.36. The first-order valence-electron chi connectivity index (χ1n) is 7.51. The number of aryl methyl sites for hydroxylation is 1. The summed E-state index contributed by atoms with van der Waals surface area (Å²) >= 11 is 1.49. The molecule has 0 amide bonds. The summed E-state index contributed by atoms with van der Waals surface area (Å²) in [6, 6.07) is 11.6. The van der Waals surface area contributed by atoms with Crippen LogP contribution in [0, 0.1) is 6.92 Å². The maximum absolute atomic E-state index is 11.5. The zero-order valence-electron chi connectivity index (χ0n) is 13.3. The average Bonchev–Trinajstić information content (AvgIpc) is 2.95. The Morgan fingerprint density at radius 2 is 2.04 bits per heavy atom. The van der Waals surface area contributed by atoms with E-state index in [-0.39, 0.29) is 5.56 Å². The number of rotatable bonds is 6. The van der Waals surface area contributed by atoms with Crippen molar-refractivity contribution in [2.45, 2.75) is 30.9 Å². The smallest absolute Gasteiger partial charge is 0.251 e. The predicted molar refractivity (Wildman–Crippen MR) is 92.6 cm³/mol. The van der Waals surface area contributed by atoms with Gasteiger partial charge < -0.3 is 15.3 Å². The summed E-state index contributed by atoms with van der Waals surface area (Å²) in [4.78, 5) is 18.5. The number of thioether (sulfide) groups is 1. The molecule has 0 atom stereocenters. The summed E-state index contributed by atoms with van der Waals surface area (Å²) in [5, 5.41) is 9.15. The first-order valence-corrected chi connectivity index (χ1v) is 8.50. The van der Waals surface area contributed by atoms with Crippen LogP contribution in [0.1, 0.15) is 22.9 Å². The zero-order chi connectivity index (χ0) is 16.9. The normalized spacial score (nSPS) is 10.9. The highest BCUT2D eigenvalue weighted by Gasteiger charge is 2.12. The van der Waals surface area contributed by atoms with Crippen LogP contribution in [-0.4, -0.2) is 24.7 Å². The Balaban J connectivity index is 1.80. The number of aromatic amines is 1. The molecule has 3 N–H and O–H groups in total. The fourth-order valence-corrected chi connectivity index (χ4v) is 3.20. The topological polar surface area (TPSA) is 102 Å². The van der Waals surface area contributed by atoms with Gasteiger partial charge in [0, 0.05) is 11.8 Å². The monoisotopic (exact) mass is 342 g/mol. The van der Waals surface area contributed by atoms with Crippen LogP contribution in [-0.2, 0) is 18.8 Å². The maximum Gasteiger partial charge on any atom is 0.251 e. The van der Waals surface area contributed by atoms with Crippen LogP contribution >= 0.6 is 11.8 Å². The molecule has 24 heavy (non-hydrogen) atoms. The van der Waals surface area contributed by atoms with Crippen molar-refractivity contribution in [2.75, 3.05) is 0 Å². The molecule has 3 aromatic rings. The van der Waals surface area contributed by atoms with Crippen LogP contribution in [0.3, 0.4) is 0 Å². The van der Waals surface area contributed by atoms with Crippen molar-refractivity contribution < 1.29 is 0 Å². The van der Waals surface area contributed by atoms with Crippen molar-refractivity contribution in [3.63, 3.8) is 0 Å². The maximum atomic E-state index is 11.5.